The van der Waals surface area contributed by atoms with Crippen LogP contribution >= 0.6 is 11.6 Å². The third-order valence-electron chi connectivity index (χ3n) is 4.93. The van der Waals surface area contributed by atoms with Gasteiger partial charge in [0.15, 0.2) is 0 Å². The summed E-state index contributed by atoms with van der Waals surface area (Å²) in [6.45, 7) is 2.46. The zero-order chi connectivity index (χ0) is 18.4. The number of aromatic nitrogens is 2. The number of hydrogen-bond acceptors (Lipinski definition) is 4. The van der Waals surface area contributed by atoms with E-state index in [9.17, 15) is 4.79 Å². The molecule has 1 saturated heterocycles. The lowest BCUT2D eigenvalue weighted by Crippen LogP contribution is -2.35. The van der Waals surface area contributed by atoms with Crippen molar-refractivity contribution in [1.29, 1.82) is 0 Å². The van der Waals surface area contributed by atoms with Gasteiger partial charge in [-0.1, -0.05) is 17.7 Å². The lowest BCUT2D eigenvalue weighted by Gasteiger charge is -2.27. The van der Waals surface area contributed by atoms with Gasteiger partial charge in [0.2, 0.25) is 5.91 Å². The molecule has 1 aliphatic rings. The summed E-state index contributed by atoms with van der Waals surface area (Å²) in [6.07, 6.45) is 6.88. The molecule has 1 amide bonds. The maximum Gasteiger partial charge on any atom is 0.228 e. The Labute approximate surface area is 160 Å². The highest BCUT2D eigenvalue weighted by atomic mass is 35.5. The first-order valence-corrected chi connectivity index (χ1v) is 9.48. The van der Waals surface area contributed by atoms with Crippen molar-refractivity contribution in [3.8, 4) is 0 Å². The van der Waals surface area contributed by atoms with Crippen LogP contribution in [0.5, 0.6) is 0 Å². The molecule has 0 saturated carbocycles. The predicted octanol–water partition coefficient (Wildman–Crippen LogP) is 3.19. The number of pyridine rings is 2. The van der Waals surface area contributed by atoms with E-state index >= 15 is 0 Å². The van der Waals surface area contributed by atoms with Crippen LogP contribution in [0.15, 0.2) is 42.7 Å². The van der Waals surface area contributed by atoms with Crippen molar-refractivity contribution < 1.29 is 4.79 Å². The van der Waals surface area contributed by atoms with Gasteiger partial charge in [-0.15, -0.1) is 0 Å². The molecule has 6 heteroatoms. The molecule has 26 heavy (non-hydrogen) atoms. The zero-order valence-corrected chi connectivity index (χ0v) is 15.9. The summed E-state index contributed by atoms with van der Waals surface area (Å²) in [5.74, 6) is 0.146. The van der Waals surface area contributed by atoms with E-state index in [1.165, 1.54) is 0 Å². The molecule has 2 aromatic heterocycles. The summed E-state index contributed by atoms with van der Waals surface area (Å²) in [5, 5.41) is 0.592. The maximum atomic E-state index is 12.6. The lowest BCUT2D eigenvalue weighted by molar-refractivity contribution is -0.130. The summed E-state index contributed by atoms with van der Waals surface area (Å²) in [6, 6.07) is 10.1. The van der Waals surface area contributed by atoms with E-state index in [0.717, 1.165) is 50.3 Å². The van der Waals surface area contributed by atoms with E-state index in [1.54, 1.807) is 12.3 Å². The van der Waals surface area contributed by atoms with E-state index < -0.39 is 0 Å². The van der Waals surface area contributed by atoms with E-state index in [0.29, 0.717) is 17.5 Å². The Balaban J connectivity index is 1.52. The number of nitrogens with zero attached hydrogens (tertiary/aromatic N) is 4. The van der Waals surface area contributed by atoms with Gasteiger partial charge < -0.3 is 4.90 Å². The van der Waals surface area contributed by atoms with Crippen molar-refractivity contribution in [3.63, 3.8) is 0 Å². The summed E-state index contributed by atoms with van der Waals surface area (Å²) in [5.41, 5.74) is 1.86. The van der Waals surface area contributed by atoms with Crippen LogP contribution in [0.1, 0.15) is 30.7 Å². The average molecular weight is 373 g/mol. The van der Waals surface area contributed by atoms with Crippen LogP contribution in [-0.2, 0) is 17.8 Å². The van der Waals surface area contributed by atoms with Gasteiger partial charge in [0, 0.05) is 43.8 Å². The largest absolute Gasteiger partial charge is 0.342 e. The lowest BCUT2D eigenvalue weighted by atomic mass is 10.1. The quantitative estimate of drug-likeness (QED) is 0.808. The van der Waals surface area contributed by atoms with Crippen LogP contribution < -0.4 is 0 Å². The Bertz CT molecular complexity index is 708. The fraction of sp³-hybridized carbons (Fsp3) is 0.450. The molecule has 0 radical (unpaired) electrons. The van der Waals surface area contributed by atoms with Crippen molar-refractivity contribution in [3.05, 3.63) is 59.1 Å². The second-order valence-electron chi connectivity index (χ2n) is 6.85. The number of carbonyl (C=O) groups excluding carboxylic acids is 1. The third-order valence-corrected chi connectivity index (χ3v) is 5.16. The Hall–Kier alpha value is -1.98. The number of rotatable bonds is 5. The average Bonchev–Trinajstić information content (AvgIpc) is 2.91. The number of likely N-dealkylation sites (tertiary alicyclic amines) is 1. The molecular weight excluding hydrogens is 348 g/mol. The molecule has 0 aromatic carbocycles. The molecule has 3 rings (SSSR count). The molecule has 0 spiro atoms. The smallest absolute Gasteiger partial charge is 0.228 e. The van der Waals surface area contributed by atoms with Crippen molar-refractivity contribution in [2.45, 2.75) is 38.3 Å². The van der Waals surface area contributed by atoms with Gasteiger partial charge in [0.05, 0.1) is 17.1 Å². The van der Waals surface area contributed by atoms with Crippen LogP contribution in [0, 0.1) is 0 Å². The predicted molar refractivity (Wildman–Crippen MR) is 103 cm³/mol. The number of halogens is 1. The molecule has 2 aromatic rings. The molecule has 0 aliphatic carbocycles. The minimum absolute atomic E-state index is 0.146. The minimum atomic E-state index is 0.146. The molecular formula is C20H25ClN4O. The number of amides is 1. The molecule has 3 heterocycles. The van der Waals surface area contributed by atoms with E-state index in [1.807, 2.05) is 29.3 Å². The highest BCUT2D eigenvalue weighted by Gasteiger charge is 2.23. The molecule has 0 bridgehead atoms. The summed E-state index contributed by atoms with van der Waals surface area (Å²) < 4.78 is 0. The van der Waals surface area contributed by atoms with Gasteiger partial charge in [0.25, 0.3) is 0 Å². The molecule has 138 valence electrons. The monoisotopic (exact) mass is 372 g/mol. The van der Waals surface area contributed by atoms with Crippen molar-refractivity contribution in [2.24, 2.45) is 0 Å². The maximum absolute atomic E-state index is 12.6. The van der Waals surface area contributed by atoms with Crippen LogP contribution in [-0.4, -0.2) is 51.9 Å². The molecule has 0 N–H and O–H groups in total. The van der Waals surface area contributed by atoms with Gasteiger partial charge in [-0.2, -0.15) is 0 Å². The summed E-state index contributed by atoms with van der Waals surface area (Å²) >= 11 is 5.86. The number of hydrogen-bond donors (Lipinski definition) is 0. The fourth-order valence-corrected chi connectivity index (χ4v) is 3.53. The zero-order valence-electron chi connectivity index (χ0n) is 15.1. The van der Waals surface area contributed by atoms with Crippen LogP contribution in [0.3, 0.4) is 0 Å². The normalized spacial score (nSPS) is 18.0. The second-order valence-corrected chi connectivity index (χ2v) is 7.28. The van der Waals surface area contributed by atoms with Crippen LogP contribution in [0.4, 0.5) is 0 Å². The highest BCUT2D eigenvalue weighted by molar-refractivity contribution is 6.30. The van der Waals surface area contributed by atoms with E-state index in [-0.39, 0.29) is 5.91 Å². The van der Waals surface area contributed by atoms with Gasteiger partial charge in [-0.05, 0) is 50.6 Å². The first kappa shape index (κ1) is 18.8. The Morgan fingerprint density at radius 2 is 2.08 bits per heavy atom. The Morgan fingerprint density at radius 1 is 1.19 bits per heavy atom. The van der Waals surface area contributed by atoms with E-state index in [2.05, 4.69) is 28.0 Å². The van der Waals surface area contributed by atoms with Crippen LogP contribution in [0.25, 0.3) is 0 Å². The number of carbonyl (C=O) groups is 1. The second kappa shape index (κ2) is 9.10. The first-order valence-electron chi connectivity index (χ1n) is 9.10. The van der Waals surface area contributed by atoms with E-state index in [4.69, 9.17) is 11.6 Å². The van der Waals surface area contributed by atoms with Crippen molar-refractivity contribution in [1.82, 2.24) is 19.8 Å². The summed E-state index contributed by atoms with van der Waals surface area (Å²) in [7, 11) is 2.15. The van der Waals surface area contributed by atoms with Crippen molar-refractivity contribution in [2.75, 3.05) is 20.1 Å². The SMILES string of the molecule is CN(Cc1ccccn1)C1CCCN(C(=O)Cc2ccc(Cl)cn2)CC1. The topological polar surface area (TPSA) is 49.3 Å². The Morgan fingerprint density at radius 3 is 2.81 bits per heavy atom. The molecule has 5 nitrogen and oxygen atoms in total. The Kier molecular flexibility index (Phi) is 6.58. The molecule has 1 atom stereocenters. The minimum Gasteiger partial charge on any atom is -0.342 e. The standard InChI is InChI=1S/C20H25ClN4O/c1-24(15-18-5-2-3-10-22-18)19-6-4-11-25(12-9-19)20(26)13-17-8-7-16(21)14-23-17/h2-3,5,7-8,10,14,19H,4,6,9,11-13,15H2,1H3. The molecule has 1 fully saturated rings. The molecule has 1 aliphatic heterocycles. The third kappa shape index (κ3) is 5.26. The van der Waals surface area contributed by atoms with Crippen LogP contribution in [0.2, 0.25) is 5.02 Å². The molecule has 1 unspecified atom stereocenters. The van der Waals surface area contributed by atoms with Gasteiger partial charge >= 0.3 is 0 Å². The van der Waals surface area contributed by atoms with Crippen molar-refractivity contribution >= 4 is 17.5 Å². The first-order chi connectivity index (χ1) is 12.6. The fourth-order valence-electron chi connectivity index (χ4n) is 3.42. The highest BCUT2D eigenvalue weighted by Crippen LogP contribution is 2.18. The van der Waals surface area contributed by atoms with Gasteiger partial charge in [-0.25, -0.2) is 0 Å². The van der Waals surface area contributed by atoms with Gasteiger partial charge in [-0.3, -0.25) is 19.7 Å². The van der Waals surface area contributed by atoms with Gasteiger partial charge in [0.1, 0.15) is 0 Å². The summed E-state index contributed by atoms with van der Waals surface area (Å²) in [4.78, 5) is 25.6.